The second kappa shape index (κ2) is 8.72. The van der Waals surface area contributed by atoms with Gasteiger partial charge >= 0.3 is 0 Å². The Morgan fingerprint density at radius 1 is 1.35 bits per heavy atom. The fraction of sp³-hybridized carbons (Fsp3) is 0.429. The summed E-state index contributed by atoms with van der Waals surface area (Å²) in [7, 11) is -3.34. The molecule has 0 spiro atoms. The van der Waals surface area contributed by atoms with E-state index in [9.17, 15) is 8.42 Å². The number of nitrogens with two attached hydrogens (primary N) is 1. The molecule has 6 heteroatoms. The average Bonchev–Trinajstić information content (AvgIpc) is 2.44. The molecule has 0 amide bonds. The number of sulfonamides is 1. The van der Waals surface area contributed by atoms with Crippen molar-refractivity contribution in [3.05, 3.63) is 35.4 Å². The molecule has 0 saturated heterocycles. The molecular weight excluding hydrogens is 276 g/mol. The molecular formula is C14H20N2O3S. The van der Waals surface area contributed by atoms with Gasteiger partial charge in [0.05, 0.1) is 18.9 Å². The van der Waals surface area contributed by atoms with Gasteiger partial charge in [-0.15, -0.1) is 0 Å². The Morgan fingerprint density at radius 3 is 2.80 bits per heavy atom. The fourth-order valence-corrected chi connectivity index (χ4v) is 2.37. The number of hydrogen-bond donors (Lipinski definition) is 2. The van der Waals surface area contributed by atoms with Gasteiger partial charge in [0.1, 0.15) is 0 Å². The van der Waals surface area contributed by atoms with E-state index in [0.717, 1.165) is 11.1 Å². The Kier molecular flexibility index (Phi) is 7.26. The van der Waals surface area contributed by atoms with Crippen LogP contribution in [0.25, 0.3) is 0 Å². The first-order valence-electron chi connectivity index (χ1n) is 6.41. The third-order valence-corrected chi connectivity index (χ3v) is 3.81. The van der Waals surface area contributed by atoms with Gasteiger partial charge in [-0.05, 0) is 18.6 Å². The third kappa shape index (κ3) is 6.17. The van der Waals surface area contributed by atoms with Crippen molar-refractivity contribution in [3.63, 3.8) is 0 Å². The molecule has 0 bridgehead atoms. The smallest absolute Gasteiger partial charge is 0.214 e. The van der Waals surface area contributed by atoms with Crippen molar-refractivity contribution in [1.82, 2.24) is 4.72 Å². The highest BCUT2D eigenvalue weighted by atomic mass is 32.2. The highest BCUT2D eigenvalue weighted by Crippen LogP contribution is 2.07. The van der Waals surface area contributed by atoms with E-state index in [0.29, 0.717) is 6.61 Å². The lowest BCUT2D eigenvalue weighted by molar-refractivity contribution is 0.163. The summed E-state index contributed by atoms with van der Waals surface area (Å²) in [5, 5.41) is 0. The highest BCUT2D eigenvalue weighted by Gasteiger charge is 2.10. The normalized spacial score (nSPS) is 10.9. The fourth-order valence-electron chi connectivity index (χ4n) is 1.52. The van der Waals surface area contributed by atoms with E-state index in [1.54, 1.807) is 0 Å². The lowest BCUT2D eigenvalue weighted by Crippen LogP contribution is -2.28. The summed E-state index contributed by atoms with van der Waals surface area (Å²) in [5.74, 6) is 5.65. The maximum Gasteiger partial charge on any atom is 0.214 e. The molecule has 0 heterocycles. The first-order valence-corrected chi connectivity index (χ1v) is 8.06. The van der Waals surface area contributed by atoms with Crippen LogP contribution in [0.3, 0.4) is 0 Å². The summed E-state index contributed by atoms with van der Waals surface area (Å²) in [6.07, 6.45) is 0. The van der Waals surface area contributed by atoms with E-state index in [1.807, 2.05) is 31.2 Å². The molecule has 1 rings (SSSR count). The summed E-state index contributed by atoms with van der Waals surface area (Å²) >= 11 is 0. The Balaban J connectivity index is 2.65. The molecule has 20 heavy (non-hydrogen) atoms. The van der Waals surface area contributed by atoms with Crippen LogP contribution in [-0.2, 0) is 21.3 Å². The molecule has 1 aromatic carbocycles. The Bertz CT molecular complexity index is 574. The zero-order chi connectivity index (χ0) is 14.8. The predicted molar refractivity (Wildman–Crippen MR) is 79.5 cm³/mol. The van der Waals surface area contributed by atoms with E-state index in [4.69, 9.17) is 10.5 Å². The average molecular weight is 296 g/mol. The second-order valence-corrected chi connectivity index (χ2v) is 5.93. The van der Waals surface area contributed by atoms with Crippen LogP contribution < -0.4 is 10.5 Å². The lowest BCUT2D eigenvalue weighted by Gasteiger charge is -2.08. The topological polar surface area (TPSA) is 81.4 Å². The molecule has 0 radical (unpaired) electrons. The van der Waals surface area contributed by atoms with E-state index in [-0.39, 0.29) is 25.4 Å². The van der Waals surface area contributed by atoms with Gasteiger partial charge in [0, 0.05) is 18.7 Å². The predicted octanol–water partition coefficient (Wildman–Crippen LogP) is 0.453. The van der Waals surface area contributed by atoms with Gasteiger partial charge in [-0.25, -0.2) is 13.1 Å². The standard InChI is InChI=1S/C14H20N2O3S/c1-2-19-10-11-20(17,18)16-12-14-7-4-3-6-13(14)8-5-9-15/h3-4,6-7,16H,2,9-12,15H2,1H3. The largest absolute Gasteiger partial charge is 0.381 e. The Morgan fingerprint density at radius 2 is 2.10 bits per heavy atom. The number of benzene rings is 1. The minimum absolute atomic E-state index is 0.0442. The molecule has 0 fully saturated rings. The first kappa shape index (κ1) is 16.7. The van der Waals surface area contributed by atoms with Crippen LogP contribution in [0.5, 0.6) is 0 Å². The van der Waals surface area contributed by atoms with E-state index < -0.39 is 10.0 Å². The zero-order valence-electron chi connectivity index (χ0n) is 11.6. The van der Waals surface area contributed by atoms with Gasteiger partial charge in [0.2, 0.25) is 10.0 Å². The third-order valence-electron chi connectivity index (χ3n) is 2.53. The van der Waals surface area contributed by atoms with Crippen molar-refractivity contribution in [2.45, 2.75) is 13.5 Å². The molecule has 0 aromatic heterocycles. The lowest BCUT2D eigenvalue weighted by atomic mass is 10.1. The van der Waals surface area contributed by atoms with Crippen molar-refractivity contribution in [2.75, 3.05) is 25.5 Å². The molecule has 3 N–H and O–H groups in total. The van der Waals surface area contributed by atoms with Gasteiger partial charge in [0.15, 0.2) is 0 Å². The molecule has 0 aliphatic heterocycles. The van der Waals surface area contributed by atoms with Crippen molar-refractivity contribution in [3.8, 4) is 11.8 Å². The SMILES string of the molecule is CCOCCS(=O)(=O)NCc1ccccc1C#CCN. The van der Waals surface area contributed by atoms with E-state index >= 15 is 0 Å². The molecule has 0 aliphatic rings. The molecule has 110 valence electrons. The highest BCUT2D eigenvalue weighted by molar-refractivity contribution is 7.89. The number of ether oxygens (including phenoxy) is 1. The molecule has 1 aromatic rings. The summed E-state index contributed by atoms with van der Waals surface area (Å²) in [4.78, 5) is 0. The monoisotopic (exact) mass is 296 g/mol. The number of rotatable bonds is 7. The number of nitrogens with one attached hydrogen (secondary N) is 1. The van der Waals surface area contributed by atoms with Crippen LogP contribution in [0, 0.1) is 11.8 Å². The van der Waals surface area contributed by atoms with E-state index in [1.165, 1.54) is 0 Å². The summed E-state index contributed by atoms with van der Waals surface area (Å²) in [6, 6.07) is 7.38. The van der Waals surface area contributed by atoms with Crippen molar-refractivity contribution < 1.29 is 13.2 Å². The first-order chi connectivity index (χ1) is 9.59. The van der Waals surface area contributed by atoms with Gasteiger partial charge in [-0.3, -0.25) is 0 Å². The minimum Gasteiger partial charge on any atom is -0.381 e. The minimum atomic E-state index is -3.34. The van der Waals surface area contributed by atoms with Crippen molar-refractivity contribution in [1.29, 1.82) is 0 Å². The van der Waals surface area contributed by atoms with E-state index in [2.05, 4.69) is 16.6 Å². The second-order valence-electron chi connectivity index (χ2n) is 4.00. The summed E-state index contributed by atoms with van der Waals surface area (Å²) in [6.45, 7) is 3.01. The molecule has 5 nitrogen and oxygen atoms in total. The molecule has 0 saturated carbocycles. The Labute approximate surface area is 120 Å². The maximum atomic E-state index is 11.8. The summed E-state index contributed by atoms with van der Waals surface area (Å²) in [5.41, 5.74) is 6.95. The maximum absolute atomic E-state index is 11.8. The van der Waals surface area contributed by atoms with Gasteiger partial charge in [-0.2, -0.15) is 0 Å². The number of hydrogen-bond acceptors (Lipinski definition) is 4. The molecule has 0 atom stereocenters. The molecule has 0 unspecified atom stereocenters. The van der Waals surface area contributed by atoms with Gasteiger partial charge < -0.3 is 10.5 Å². The van der Waals surface area contributed by atoms with Crippen LogP contribution in [-0.4, -0.2) is 33.9 Å². The van der Waals surface area contributed by atoms with Crippen LogP contribution >= 0.6 is 0 Å². The van der Waals surface area contributed by atoms with Crippen LogP contribution in [0.2, 0.25) is 0 Å². The van der Waals surface area contributed by atoms with Crippen molar-refractivity contribution >= 4 is 10.0 Å². The zero-order valence-corrected chi connectivity index (χ0v) is 12.4. The Hall–Kier alpha value is -1.39. The van der Waals surface area contributed by atoms with Crippen LogP contribution in [0.15, 0.2) is 24.3 Å². The van der Waals surface area contributed by atoms with Crippen LogP contribution in [0.4, 0.5) is 0 Å². The van der Waals surface area contributed by atoms with Crippen LogP contribution in [0.1, 0.15) is 18.1 Å². The summed E-state index contributed by atoms with van der Waals surface area (Å²) < 4.78 is 31.1. The van der Waals surface area contributed by atoms with Gasteiger partial charge in [0.25, 0.3) is 0 Å². The molecule has 0 aliphatic carbocycles. The quantitative estimate of drug-likeness (QED) is 0.565. The van der Waals surface area contributed by atoms with Crippen molar-refractivity contribution in [2.24, 2.45) is 5.73 Å². The van der Waals surface area contributed by atoms with Gasteiger partial charge in [-0.1, -0.05) is 30.0 Å².